The Kier molecular flexibility index (Phi) is 6.78. The summed E-state index contributed by atoms with van der Waals surface area (Å²) in [5.41, 5.74) is 13.5. The Morgan fingerprint density at radius 3 is 2.60 bits per heavy atom. The van der Waals surface area contributed by atoms with E-state index in [-0.39, 0.29) is 23.9 Å². The van der Waals surface area contributed by atoms with Crippen LogP contribution < -0.4 is 10.5 Å². The molecule has 234 valence electrons. The van der Waals surface area contributed by atoms with E-state index >= 15 is 0 Å². The Morgan fingerprint density at radius 1 is 1.09 bits per heavy atom. The molecule has 9 rings (SSSR count). The summed E-state index contributed by atoms with van der Waals surface area (Å²) >= 11 is 0. The van der Waals surface area contributed by atoms with Crippen molar-refractivity contribution >= 4 is 39.3 Å². The maximum atomic E-state index is 13.9. The van der Waals surface area contributed by atoms with E-state index in [9.17, 15) is 9.59 Å². The second-order valence-corrected chi connectivity index (χ2v) is 13.7. The molecule has 2 bridgehead atoms. The fourth-order valence-electron chi connectivity index (χ4n) is 8.11. The molecule has 3 aliphatic heterocycles. The van der Waals surface area contributed by atoms with E-state index in [1.165, 1.54) is 34.9 Å². The molecule has 5 heterocycles. The Bertz CT molecular complexity index is 1880. The molecule has 9 heteroatoms. The van der Waals surface area contributed by atoms with Crippen LogP contribution in [0, 0.1) is 11.8 Å². The molecular formula is C36H42N6O3. The van der Waals surface area contributed by atoms with E-state index in [1.807, 2.05) is 29.0 Å². The quantitative estimate of drug-likeness (QED) is 0.325. The van der Waals surface area contributed by atoms with Crippen molar-refractivity contribution in [3.05, 3.63) is 53.6 Å². The molecule has 5 aliphatic rings. The van der Waals surface area contributed by atoms with Crippen molar-refractivity contribution in [1.29, 1.82) is 0 Å². The number of hydrogen-bond acceptors (Lipinski definition) is 5. The summed E-state index contributed by atoms with van der Waals surface area (Å²) in [5.74, 6) is 2.71. The lowest BCUT2D eigenvalue weighted by atomic mass is 9.76. The predicted molar refractivity (Wildman–Crippen MR) is 176 cm³/mol. The number of methoxy groups -OCH3 is 1. The van der Waals surface area contributed by atoms with Crippen molar-refractivity contribution in [2.24, 2.45) is 24.6 Å². The van der Waals surface area contributed by atoms with Gasteiger partial charge in [0.2, 0.25) is 5.91 Å². The maximum Gasteiger partial charge on any atom is 0.254 e. The molecule has 2 aliphatic carbocycles. The lowest BCUT2D eigenvalue weighted by Gasteiger charge is -2.48. The lowest BCUT2D eigenvalue weighted by molar-refractivity contribution is -0.128. The van der Waals surface area contributed by atoms with Crippen LogP contribution in [0.25, 0.3) is 39.0 Å². The second kappa shape index (κ2) is 10.8. The third-order valence-electron chi connectivity index (χ3n) is 10.8. The van der Waals surface area contributed by atoms with Crippen molar-refractivity contribution in [2.45, 2.75) is 64.1 Å². The van der Waals surface area contributed by atoms with Crippen LogP contribution in [0.15, 0.2) is 42.5 Å². The number of piperidine rings is 2. The highest BCUT2D eigenvalue weighted by Gasteiger charge is 2.41. The van der Waals surface area contributed by atoms with Crippen LogP contribution in [0.2, 0.25) is 0 Å². The molecule has 45 heavy (non-hydrogen) atoms. The van der Waals surface area contributed by atoms with Gasteiger partial charge in [-0.15, -0.1) is 0 Å². The van der Waals surface area contributed by atoms with E-state index < -0.39 is 0 Å². The molecule has 2 aromatic heterocycles. The van der Waals surface area contributed by atoms with Crippen LogP contribution in [-0.4, -0.2) is 74.6 Å². The number of hydrogen-bond donors (Lipinski definition) is 1. The molecule has 9 nitrogen and oxygen atoms in total. The maximum absolute atomic E-state index is 13.9. The zero-order valence-electron chi connectivity index (χ0n) is 26.5. The summed E-state index contributed by atoms with van der Waals surface area (Å²) in [4.78, 5) is 35.0. The van der Waals surface area contributed by atoms with Gasteiger partial charge in [-0.05, 0) is 74.1 Å². The fraction of sp³-hybridized carbons (Fsp3) is 0.472. The molecule has 4 fully saturated rings. The van der Waals surface area contributed by atoms with Gasteiger partial charge in [-0.1, -0.05) is 24.3 Å². The van der Waals surface area contributed by atoms with Crippen molar-refractivity contribution in [3.63, 3.8) is 0 Å². The number of nitrogens with zero attached hydrogens (tertiary/aromatic N) is 5. The van der Waals surface area contributed by atoms with Crippen molar-refractivity contribution in [2.75, 3.05) is 26.7 Å². The molecule has 0 radical (unpaired) electrons. The van der Waals surface area contributed by atoms with Crippen molar-refractivity contribution < 1.29 is 14.3 Å². The van der Waals surface area contributed by atoms with Gasteiger partial charge in [0.05, 0.1) is 23.8 Å². The highest BCUT2D eigenvalue weighted by atomic mass is 16.5. The molecule has 2 aromatic carbocycles. The van der Waals surface area contributed by atoms with Gasteiger partial charge in [0.1, 0.15) is 11.3 Å². The normalized spacial score (nSPS) is 23.2. The van der Waals surface area contributed by atoms with E-state index in [2.05, 4.69) is 39.5 Å². The first-order valence-corrected chi connectivity index (χ1v) is 16.5. The summed E-state index contributed by atoms with van der Waals surface area (Å²) in [6, 6.07) is 13.0. The first-order valence-electron chi connectivity index (χ1n) is 16.5. The van der Waals surface area contributed by atoms with E-state index in [0.29, 0.717) is 29.7 Å². The van der Waals surface area contributed by atoms with Crippen LogP contribution >= 0.6 is 0 Å². The van der Waals surface area contributed by atoms with Gasteiger partial charge in [0.25, 0.3) is 5.91 Å². The molecule has 3 atom stereocenters. The van der Waals surface area contributed by atoms with E-state index in [0.717, 1.165) is 67.9 Å². The Morgan fingerprint density at radius 2 is 1.93 bits per heavy atom. The van der Waals surface area contributed by atoms with Gasteiger partial charge in [0, 0.05) is 68.7 Å². The van der Waals surface area contributed by atoms with Crippen LogP contribution in [0.5, 0.6) is 5.75 Å². The molecule has 0 spiro atoms. The fourth-order valence-corrected chi connectivity index (χ4v) is 8.11. The second-order valence-electron chi connectivity index (χ2n) is 13.7. The molecule has 2 saturated carbocycles. The van der Waals surface area contributed by atoms with Gasteiger partial charge in [-0.25, -0.2) is 4.98 Å². The summed E-state index contributed by atoms with van der Waals surface area (Å²) in [6.07, 6.45) is 8.54. The molecule has 2 saturated heterocycles. The number of carbonyl (C=O) groups excluding carboxylic acids is 2. The first-order chi connectivity index (χ1) is 21.8. The number of imidazole rings is 1. The molecule has 4 aromatic rings. The first kappa shape index (κ1) is 28.4. The number of nitrogens with two attached hydrogens (primary N) is 1. The van der Waals surface area contributed by atoms with Gasteiger partial charge >= 0.3 is 0 Å². The highest BCUT2D eigenvalue weighted by Crippen LogP contribution is 2.41. The van der Waals surface area contributed by atoms with Gasteiger partial charge < -0.3 is 29.4 Å². The number of amides is 2. The number of fused-ring (bicyclic) bond motifs is 5. The Balaban J connectivity index is 1.23. The van der Waals surface area contributed by atoms with Gasteiger partial charge in [-0.3, -0.25) is 9.59 Å². The predicted octanol–water partition coefficient (Wildman–Crippen LogP) is 5.20. The molecular weight excluding hydrogens is 564 g/mol. The van der Waals surface area contributed by atoms with E-state index in [4.69, 9.17) is 15.5 Å². The summed E-state index contributed by atoms with van der Waals surface area (Å²) in [7, 11) is 3.71. The Hall–Kier alpha value is -4.11. The molecule has 0 unspecified atom stereocenters. The average Bonchev–Trinajstić information content (AvgIpc) is 3.72. The SMILES string of the molecule is COc1cc(C(=O)N2C[C@H]3CC[C@@H]2C[C@@H]3N)cc2nc(-c3cc4cccc(C5=CCN(C(C)=O)CC5)c4n3CC3CC3)n(C)c12. The van der Waals surface area contributed by atoms with E-state index in [1.54, 1.807) is 14.0 Å². The smallest absolute Gasteiger partial charge is 0.254 e. The topological polar surface area (TPSA) is 98.6 Å². The number of aromatic nitrogens is 3. The van der Waals surface area contributed by atoms with Crippen LogP contribution in [0.4, 0.5) is 0 Å². The van der Waals surface area contributed by atoms with Crippen molar-refractivity contribution in [1.82, 2.24) is 23.9 Å². The number of para-hydroxylation sites is 1. The van der Waals surface area contributed by atoms with Crippen LogP contribution in [0.1, 0.15) is 61.4 Å². The number of aryl methyl sites for hydroxylation is 1. The van der Waals surface area contributed by atoms with Gasteiger partial charge in [-0.2, -0.15) is 0 Å². The highest BCUT2D eigenvalue weighted by molar-refractivity contribution is 6.01. The third-order valence-corrected chi connectivity index (χ3v) is 10.8. The zero-order valence-corrected chi connectivity index (χ0v) is 26.5. The zero-order chi connectivity index (χ0) is 31.0. The largest absolute Gasteiger partial charge is 0.494 e. The number of ether oxygens (including phenoxy) is 1. The lowest BCUT2D eigenvalue weighted by Crippen LogP contribution is -2.58. The minimum Gasteiger partial charge on any atom is -0.494 e. The molecule has 2 N–H and O–H groups in total. The van der Waals surface area contributed by atoms with Crippen LogP contribution in [0.3, 0.4) is 0 Å². The monoisotopic (exact) mass is 606 g/mol. The average molecular weight is 607 g/mol. The third kappa shape index (κ3) is 4.74. The number of carbonyl (C=O) groups is 2. The summed E-state index contributed by atoms with van der Waals surface area (Å²) in [6.45, 7) is 4.70. The molecule has 2 amide bonds. The standard InChI is InChI=1S/C36H42N6O3/c1-21(43)40-13-11-23(12-14-40)28-6-4-5-24-16-31(42(33(24)28)19-22-7-8-22)35-38-30-15-26(17-32(45-3)34(30)39(35)2)36(44)41-20-25-9-10-27(41)18-29(25)37/h4-6,11,15-17,22,25,27,29H,7-10,12-14,18-20,37H2,1-3H3/t25-,27-,29+/m1/s1. The minimum absolute atomic E-state index is 0.0422. The minimum atomic E-state index is 0.0422. The van der Waals surface area contributed by atoms with Crippen molar-refractivity contribution in [3.8, 4) is 17.3 Å². The number of rotatable bonds is 6. The summed E-state index contributed by atoms with van der Waals surface area (Å²) < 4.78 is 10.5. The van der Waals surface area contributed by atoms with Gasteiger partial charge in [0.15, 0.2) is 5.82 Å². The summed E-state index contributed by atoms with van der Waals surface area (Å²) in [5, 5.41) is 1.19. The number of benzene rings is 2. The Labute approximate surface area is 263 Å². The van der Waals surface area contributed by atoms with Crippen LogP contribution in [-0.2, 0) is 18.4 Å².